The molecule has 29 heavy (non-hydrogen) atoms. The number of rotatable bonds is 11. The van der Waals surface area contributed by atoms with Crippen molar-refractivity contribution in [3.63, 3.8) is 0 Å². The minimum Gasteiger partial charge on any atom is -0.435 e. The molecule has 0 aliphatic carbocycles. The monoisotopic (exact) mass is 406 g/mol. The Kier molecular flexibility index (Phi) is 9.04. The molecule has 2 amide bonds. The van der Waals surface area contributed by atoms with E-state index >= 15 is 0 Å². The molecular formula is C21H24F2N2O4. The zero-order valence-electron chi connectivity index (χ0n) is 16.1. The summed E-state index contributed by atoms with van der Waals surface area (Å²) in [6, 6.07) is 15.1. The van der Waals surface area contributed by atoms with Gasteiger partial charge < -0.3 is 20.1 Å². The van der Waals surface area contributed by atoms with Crippen molar-refractivity contribution in [3.8, 4) is 5.75 Å². The number of alkyl halides is 2. The predicted molar refractivity (Wildman–Crippen MR) is 104 cm³/mol. The van der Waals surface area contributed by atoms with Crippen LogP contribution >= 0.6 is 0 Å². The average Bonchev–Trinajstić information content (AvgIpc) is 2.72. The molecule has 8 heteroatoms. The summed E-state index contributed by atoms with van der Waals surface area (Å²) in [6.07, 6.45) is 0.617. The Morgan fingerprint density at radius 3 is 2.34 bits per heavy atom. The third kappa shape index (κ3) is 8.27. The van der Waals surface area contributed by atoms with E-state index in [2.05, 4.69) is 15.4 Å². The Bertz CT molecular complexity index is 770. The van der Waals surface area contributed by atoms with E-state index in [1.807, 2.05) is 37.3 Å². The van der Waals surface area contributed by atoms with E-state index in [9.17, 15) is 18.4 Å². The van der Waals surface area contributed by atoms with Crippen molar-refractivity contribution >= 4 is 11.8 Å². The van der Waals surface area contributed by atoms with Crippen LogP contribution in [-0.4, -0.2) is 38.1 Å². The van der Waals surface area contributed by atoms with Crippen LogP contribution in [0.3, 0.4) is 0 Å². The van der Waals surface area contributed by atoms with E-state index in [4.69, 9.17) is 4.74 Å². The van der Waals surface area contributed by atoms with E-state index in [1.54, 1.807) is 0 Å². The van der Waals surface area contributed by atoms with E-state index in [0.717, 1.165) is 5.56 Å². The summed E-state index contributed by atoms with van der Waals surface area (Å²) in [4.78, 5) is 23.8. The molecule has 0 saturated heterocycles. The first-order valence-electron chi connectivity index (χ1n) is 9.22. The van der Waals surface area contributed by atoms with Crippen molar-refractivity contribution in [1.82, 2.24) is 10.6 Å². The molecule has 2 aromatic rings. The Labute approximate surface area is 168 Å². The van der Waals surface area contributed by atoms with Gasteiger partial charge in [-0.25, -0.2) is 0 Å². The average molecular weight is 406 g/mol. The lowest BCUT2D eigenvalue weighted by Gasteiger charge is -2.13. The van der Waals surface area contributed by atoms with Gasteiger partial charge in [-0.3, -0.25) is 9.59 Å². The van der Waals surface area contributed by atoms with Gasteiger partial charge in [-0.15, -0.1) is 0 Å². The van der Waals surface area contributed by atoms with E-state index in [-0.39, 0.29) is 29.9 Å². The number of amides is 2. The van der Waals surface area contributed by atoms with Crippen molar-refractivity contribution < 1.29 is 27.8 Å². The molecule has 1 atom stereocenters. The molecule has 2 rings (SSSR count). The number of hydrogen-bond acceptors (Lipinski definition) is 4. The Hall–Kier alpha value is -3.00. The highest BCUT2D eigenvalue weighted by atomic mass is 19.3. The van der Waals surface area contributed by atoms with Gasteiger partial charge in [-0.05, 0) is 43.2 Å². The summed E-state index contributed by atoms with van der Waals surface area (Å²) >= 11 is 0. The molecule has 0 bridgehead atoms. The summed E-state index contributed by atoms with van der Waals surface area (Å²) < 4.78 is 34.1. The van der Waals surface area contributed by atoms with Gasteiger partial charge in [0.1, 0.15) is 5.75 Å². The standard InChI is InChI=1S/C21H24F2N2O4/c1-15(16-6-3-2-4-7-16)28-13-5-12-24-19(26)14-25-20(27)17-8-10-18(11-9-17)29-21(22)23/h2-4,6-11,15,21H,5,12-14H2,1H3,(H,24,26)(H,25,27). The van der Waals surface area contributed by atoms with Crippen LogP contribution in [0.1, 0.15) is 35.4 Å². The fourth-order valence-corrected chi connectivity index (χ4v) is 2.49. The third-order valence-corrected chi connectivity index (χ3v) is 4.03. The first-order valence-corrected chi connectivity index (χ1v) is 9.22. The Balaban J connectivity index is 1.60. The number of benzene rings is 2. The second-order valence-electron chi connectivity index (χ2n) is 6.21. The van der Waals surface area contributed by atoms with Crippen LogP contribution in [0.4, 0.5) is 8.78 Å². The maximum absolute atomic E-state index is 12.1. The summed E-state index contributed by atoms with van der Waals surface area (Å²) in [5, 5.41) is 5.17. The van der Waals surface area contributed by atoms with E-state index < -0.39 is 12.5 Å². The van der Waals surface area contributed by atoms with Gasteiger partial charge in [0.15, 0.2) is 0 Å². The molecule has 0 aliphatic heterocycles. The SMILES string of the molecule is CC(OCCCNC(=O)CNC(=O)c1ccc(OC(F)F)cc1)c1ccccc1. The Morgan fingerprint density at radius 1 is 1.00 bits per heavy atom. The lowest BCUT2D eigenvalue weighted by atomic mass is 10.1. The quantitative estimate of drug-likeness (QED) is 0.562. The lowest BCUT2D eigenvalue weighted by molar-refractivity contribution is -0.120. The van der Waals surface area contributed by atoms with Crippen molar-refractivity contribution in [2.24, 2.45) is 0 Å². The molecule has 0 fully saturated rings. The second-order valence-corrected chi connectivity index (χ2v) is 6.21. The normalized spacial score (nSPS) is 11.7. The van der Waals surface area contributed by atoms with Gasteiger partial charge in [-0.2, -0.15) is 8.78 Å². The highest BCUT2D eigenvalue weighted by molar-refractivity contribution is 5.96. The second kappa shape index (κ2) is 11.8. The van der Waals surface area contributed by atoms with Crippen LogP contribution in [0.15, 0.2) is 54.6 Å². The summed E-state index contributed by atoms with van der Waals surface area (Å²) in [7, 11) is 0. The number of carbonyl (C=O) groups excluding carboxylic acids is 2. The van der Waals surface area contributed by atoms with Crippen molar-refractivity contribution in [1.29, 1.82) is 0 Å². The fourth-order valence-electron chi connectivity index (χ4n) is 2.49. The molecule has 0 heterocycles. The molecular weight excluding hydrogens is 382 g/mol. The molecule has 2 aromatic carbocycles. The number of ether oxygens (including phenoxy) is 2. The summed E-state index contributed by atoms with van der Waals surface area (Å²) in [6.45, 7) is -0.221. The largest absolute Gasteiger partial charge is 0.435 e. The molecule has 6 nitrogen and oxygen atoms in total. The number of hydrogen-bond donors (Lipinski definition) is 2. The van der Waals surface area contributed by atoms with E-state index in [0.29, 0.717) is 19.6 Å². The minimum absolute atomic E-state index is 0.0244. The lowest BCUT2D eigenvalue weighted by Crippen LogP contribution is -2.37. The van der Waals surface area contributed by atoms with Crippen molar-refractivity contribution in [3.05, 3.63) is 65.7 Å². The molecule has 0 aliphatic rings. The predicted octanol–water partition coefficient (Wildman–Crippen LogP) is 3.30. The van der Waals surface area contributed by atoms with Crippen LogP contribution in [0.25, 0.3) is 0 Å². The number of nitrogens with one attached hydrogen (secondary N) is 2. The van der Waals surface area contributed by atoms with Gasteiger partial charge in [0.25, 0.3) is 5.91 Å². The van der Waals surface area contributed by atoms with Crippen LogP contribution in [0.5, 0.6) is 5.75 Å². The molecule has 156 valence electrons. The maximum Gasteiger partial charge on any atom is 0.387 e. The topological polar surface area (TPSA) is 76.7 Å². The zero-order chi connectivity index (χ0) is 21.1. The zero-order valence-corrected chi connectivity index (χ0v) is 16.1. The van der Waals surface area contributed by atoms with Gasteiger partial charge in [-0.1, -0.05) is 30.3 Å². The Morgan fingerprint density at radius 2 is 1.69 bits per heavy atom. The summed E-state index contributed by atoms with van der Waals surface area (Å²) in [5.41, 5.74) is 1.33. The fraction of sp³-hybridized carbons (Fsp3) is 0.333. The van der Waals surface area contributed by atoms with Crippen LogP contribution in [0, 0.1) is 0 Å². The van der Waals surface area contributed by atoms with E-state index in [1.165, 1.54) is 24.3 Å². The third-order valence-electron chi connectivity index (χ3n) is 4.03. The molecule has 0 radical (unpaired) electrons. The smallest absolute Gasteiger partial charge is 0.387 e. The van der Waals surface area contributed by atoms with Gasteiger partial charge in [0.2, 0.25) is 5.91 Å². The first-order chi connectivity index (χ1) is 14.0. The highest BCUT2D eigenvalue weighted by Gasteiger charge is 2.10. The van der Waals surface area contributed by atoms with Gasteiger partial charge >= 0.3 is 6.61 Å². The first kappa shape index (κ1) is 22.3. The molecule has 0 saturated carbocycles. The molecule has 0 spiro atoms. The van der Waals surface area contributed by atoms with Gasteiger partial charge in [0, 0.05) is 18.7 Å². The van der Waals surface area contributed by atoms with Crippen molar-refractivity contribution in [2.75, 3.05) is 19.7 Å². The van der Waals surface area contributed by atoms with Crippen LogP contribution < -0.4 is 15.4 Å². The highest BCUT2D eigenvalue weighted by Crippen LogP contribution is 2.16. The minimum atomic E-state index is -2.93. The maximum atomic E-state index is 12.1. The molecule has 1 unspecified atom stereocenters. The molecule has 2 N–H and O–H groups in total. The van der Waals surface area contributed by atoms with Crippen LogP contribution in [0.2, 0.25) is 0 Å². The van der Waals surface area contributed by atoms with Crippen LogP contribution in [-0.2, 0) is 9.53 Å². The number of halogens is 2. The van der Waals surface area contributed by atoms with Crippen molar-refractivity contribution in [2.45, 2.75) is 26.1 Å². The molecule has 0 aromatic heterocycles. The summed E-state index contributed by atoms with van der Waals surface area (Å²) in [5.74, 6) is -0.853. The number of carbonyl (C=O) groups is 2. The van der Waals surface area contributed by atoms with Gasteiger partial charge in [0.05, 0.1) is 12.6 Å².